The molecule has 1 saturated carbocycles. The summed E-state index contributed by atoms with van der Waals surface area (Å²) < 4.78 is 0. The summed E-state index contributed by atoms with van der Waals surface area (Å²) in [5.41, 5.74) is 3.64. The molecule has 2 heteroatoms. The van der Waals surface area contributed by atoms with Crippen molar-refractivity contribution in [1.82, 2.24) is 5.32 Å². The van der Waals surface area contributed by atoms with Crippen LogP contribution in [0.3, 0.4) is 0 Å². The molecule has 1 amide bonds. The Bertz CT molecular complexity index is 421. The minimum absolute atomic E-state index is 0.0987. The van der Waals surface area contributed by atoms with Crippen molar-refractivity contribution < 1.29 is 4.79 Å². The molecule has 1 fully saturated rings. The van der Waals surface area contributed by atoms with Gasteiger partial charge in [0.05, 0.1) is 0 Å². The van der Waals surface area contributed by atoms with Gasteiger partial charge < -0.3 is 5.32 Å². The highest BCUT2D eigenvalue weighted by atomic mass is 16.1. The minimum atomic E-state index is 0.0987. The number of nitrogens with one attached hydrogen (secondary N) is 1. The van der Waals surface area contributed by atoms with E-state index < -0.39 is 0 Å². The predicted octanol–water partition coefficient (Wildman–Crippen LogP) is 2.32. The number of benzene rings is 1. The maximum absolute atomic E-state index is 11.9. The van der Waals surface area contributed by atoms with Crippen molar-refractivity contribution >= 4 is 5.91 Å². The van der Waals surface area contributed by atoms with Gasteiger partial charge in [0.15, 0.2) is 0 Å². The Hall–Kier alpha value is -1.31. The van der Waals surface area contributed by atoms with E-state index in [1.807, 2.05) is 6.07 Å². The Kier molecular flexibility index (Phi) is 2.43. The van der Waals surface area contributed by atoms with Crippen molar-refractivity contribution in [1.29, 1.82) is 0 Å². The molecule has 0 aliphatic heterocycles. The van der Waals surface area contributed by atoms with Crippen LogP contribution in [-0.4, -0.2) is 12.5 Å². The maximum atomic E-state index is 11.9. The van der Waals surface area contributed by atoms with Crippen LogP contribution >= 0.6 is 0 Å². The predicted molar refractivity (Wildman–Crippen MR) is 63.5 cm³/mol. The van der Waals surface area contributed by atoms with E-state index in [0.29, 0.717) is 0 Å². The van der Waals surface area contributed by atoms with Crippen molar-refractivity contribution in [3.63, 3.8) is 0 Å². The molecule has 3 rings (SSSR count). The van der Waals surface area contributed by atoms with Gasteiger partial charge in [-0.15, -0.1) is 0 Å². The van der Waals surface area contributed by atoms with Crippen LogP contribution in [0.4, 0.5) is 0 Å². The number of aryl methyl sites for hydroxylation is 2. The normalized spacial score (nSPS) is 18.2. The molecule has 0 unspecified atom stereocenters. The van der Waals surface area contributed by atoms with Crippen LogP contribution in [0.15, 0.2) is 18.2 Å². The molecule has 0 heterocycles. The van der Waals surface area contributed by atoms with Crippen molar-refractivity contribution in [3.05, 3.63) is 34.9 Å². The number of hydrogen-bond acceptors (Lipinski definition) is 1. The SMILES string of the molecule is O=C(NCC1CC1)c1ccc2c(c1)CCC2. The first-order chi connectivity index (χ1) is 7.83. The van der Waals surface area contributed by atoms with Crippen LogP contribution < -0.4 is 5.32 Å². The summed E-state index contributed by atoms with van der Waals surface area (Å²) in [6.07, 6.45) is 6.12. The summed E-state index contributed by atoms with van der Waals surface area (Å²) >= 11 is 0. The highest BCUT2D eigenvalue weighted by molar-refractivity contribution is 5.94. The van der Waals surface area contributed by atoms with Gasteiger partial charge in [0.25, 0.3) is 5.91 Å². The average Bonchev–Trinajstić information content (AvgIpc) is 3.01. The average molecular weight is 215 g/mol. The molecule has 2 aliphatic carbocycles. The van der Waals surface area contributed by atoms with Crippen molar-refractivity contribution in [2.24, 2.45) is 5.92 Å². The Morgan fingerprint density at radius 3 is 2.88 bits per heavy atom. The highest BCUT2D eigenvalue weighted by Crippen LogP contribution is 2.28. The van der Waals surface area contributed by atoms with Crippen LogP contribution in [0, 0.1) is 5.92 Å². The highest BCUT2D eigenvalue weighted by Gasteiger charge is 2.22. The lowest BCUT2D eigenvalue weighted by atomic mass is 10.1. The van der Waals surface area contributed by atoms with Crippen LogP contribution in [0.1, 0.15) is 40.7 Å². The fourth-order valence-corrected chi connectivity index (χ4v) is 2.37. The Balaban J connectivity index is 1.70. The van der Waals surface area contributed by atoms with E-state index >= 15 is 0 Å². The molecule has 0 radical (unpaired) electrons. The zero-order valence-corrected chi connectivity index (χ0v) is 9.46. The van der Waals surface area contributed by atoms with E-state index in [1.54, 1.807) is 0 Å². The fourth-order valence-electron chi connectivity index (χ4n) is 2.37. The first-order valence-corrected chi connectivity index (χ1v) is 6.23. The molecular formula is C14H17NO. The second-order valence-corrected chi connectivity index (χ2v) is 4.99. The molecule has 0 bridgehead atoms. The Morgan fingerprint density at radius 2 is 2.06 bits per heavy atom. The first kappa shape index (κ1) is 9.88. The fraction of sp³-hybridized carbons (Fsp3) is 0.500. The second-order valence-electron chi connectivity index (χ2n) is 4.99. The maximum Gasteiger partial charge on any atom is 0.251 e. The minimum Gasteiger partial charge on any atom is -0.352 e. The topological polar surface area (TPSA) is 29.1 Å². The molecule has 0 spiro atoms. The molecule has 2 aliphatic rings. The van der Waals surface area contributed by atoms with Gasteiger partial charge in [-0.3, -0.25) is 4.79 Å². The lowest BCUT2D eigenvalue weighted by Gasteiger charge is -2.06. The van der Waals surface area contributed by atoms with E-state index in [2.05, 4.69) is 17.4 Å². The summed E-state index contributed by atoms with van der Waals surface area (Å²) in [6.45, 7) is 0.857. The van der Waals surface area contributed by atoms with Crippen LogP contribution in [0.2, 0.25) is 0 Å². The third kappa shape index (κ3) is 1.97. The van der Waals surface area contributed by atoms with Gasteiger partial charge in [-0.05, 0) is 61.3 Å². The van der Waals surface area contributed by atoms with Gasteiger partial charge >= 0.3 is 0 Å². The molecule has 16 heavy (non-hydrogen) atoms. The Morgan fingerprint density at radius 1 is 1.25 bits per heavy atom. The molecule has 84 valence electrons. The van der Waals surface area contributed by atoms with Gasteiger partial charge in [0.1, 0.15) is 0 Å². The molecule has 0 saturated heterocycles. The summed E-state index contributed by atoms with van der Waals surface area (Å²) in [5.74, 6) is 0.847. The van der Waals surface area contributed by atoms with Crippen molar-refractivity contribution in [2.45, 2.75) is 32.1 Å². The van der Waals surface area contributed by atoms with Gasteiger partial charge in [-0.25, -0.2) is 0 Å². The van der Waals surface area contributed by atoms with Gasteiger partial charge in [0.2, 0.25) is 0 Å². The molecule has 0 atom stereocenters. The number of fused-ring (bicyclic) bond motifs is 1. The number of amides is 1. The van der Waals surface area contributed by atoms with E-state index in [-0.39, 0.29) is 5.91 Å². The zero-order chi connectivity index (χ0) is 11.0. The van der Waals surface area contributed by atoms with Crippen LogP contribution in [-0.2, 0) is 12.8 Å². The lowest BCUT2D eigenvalue weighted by Crippen LogP contribution is -2.25. The van der Waals surface area contributed by atoms with Crippen molar-refractivity contribution in [2.75, 3.05) is 6.54 Å². The lowest BCUT2D eigenvalue weighted by molar-refractivity contribution is 0.0951. The quantitative estimate of drug-likeness (QED) is 0.823. The number of rotatable bonds is 3. The van der Waals surface area contributed by atoms with E-state index in [1.165, 1.54) is 36.8 Å². The summed E-state index contributed by atoms with van der Waals surface area (Å²) in [7, 11) is 0. The monoisotopic (exact) mass is 215 g/mol. The number of hydrogen-bond donors (Lipinski definition) is 1. The summed E-state index contributed by atoms with van der Waals surface area (Å²) in [4.78, 5) is 11.9. The molecule has 0 aromatic heterocycles. The molecule has 1 aromatic carbocycles. The van der Waals surface area contributed by atoms with Gasteiger partial charge in [-0.2, -0.15) is 0 Å². The first-order valence-electron chi connectivity index (χ1n) is 6.23. The standard InChI is InChI=1S/C14H17NO/c16-14(15-9-10-4-5-10)13-7-6-11-2-1-3-12(11)8-13/h6-8,10H,1-5,9H2,(H,15,16). The van der Waals surface area contributed by atoms with E-state index in [4.69, 9.17) is 0 Å². The van der Waals surface area contributed by atoms with Gasteiger partial charge in [-0.1, -0.05) is 6.07 Å². The molecule has 2 nitrogen and oxygen atoms in total. The summed E-state index contributed by atoms with van der Waals surface area (Å²) in [5, 5.41) is 3.01. The third-order valence-electron chi connectivity index (χ3n) is 3.61. The molecule has 1 N–H and O–H groups in total. The van der Waals surface area contributed by atoms with Crippen LogP contribution in [0.25, 0.3) is 0 Å². The molecule has 1 aromatic rings. The van der Waals surface area contributed by atoms with E-state index in [0.717, 1.165) is 24.4 Å². The Labute approximate surface area is 96.1 Å². The van der Waals surface area contributed by atoms with Crippen molar-refractivity contribution in [3.8, 4) is 0 Å². The smallest absolute Gasteiger partial charge is 0.251 e. The van der Waals surface area contributed by atoms with Gasteiger partial charge in [0, 0.05) is 12.1 Å². The summed E-state index contributed by atoms with van der Waals surface area (Å²) in [6, 6.07) is 6.16. The molecular weight excluding hydrogens is 198 g/mol. The zero-order valence-electron chi connectivity index (χ0n) is 9.46. The second kappa shape index (κ2) is 3.93. The number of carbonyl (C=O) groups is 1. The largest absolute Gasteiger partial charge is 0.352 e. The van der Waals surface area contributed by atoms with E-state index in [9.17, 15) is 4.79 Å². The van der Waals surface area contributed by atoms with Crippen LogP contribution in [0.5, 0.6) is 0 Å². The number of carbonyl (C=O) groups excluding carboxylic acids is 1. The third-order valence-corrected chi connectivity index (χ3v) is 3.61.